The van der Waals surface area contributed by atoms with Gasteiger partial charge in [0, 0.05) is 61.5 Å². The maximum Gasteiger partial charge on any atom is 0.303 e. The normalized spacial score (nSPS) is 20.1. The Morgan fingerprint density at radius 1 is 0.620 bits per heavy atom. The maximum atomic E-state index is 14.9. The molecule has 12 atom stereocenters. The molecule has 2 aliphatic heterocycles. The van der Waals surface area contributed by atoms with Gasteiger partial charge in [-0.15, -0.1) is 0 Å². The van der Waals surface area contributed by atoms with Gasteiger partial charge in [-0.1, -0.05) is 70.2 Å². The van der Waals surface area contributed by atoms with Crippen LogP contribution in [0.2, 0.25) is 0 Å². The summed E-state index contributed by atoms with van der Waals surface area (Å²) in [4.78, 5) is 216. The van der Waals surface area contributed by atoms with Crippen LogP contribution in [0.1, 0.15) is 156 Å². The number of carbonyl (C=O) groups is 15. The minimum atomic E-state index is -1.85. The van der Waals surface area contributed by atoms with Crippen LogP contribution < -0.4 is 97.0 Å². The van der Waals surface area contributed by atoms with Gasteiger partial charge in [-0.05, 0) is 184 Å². The highest BCUT2D eigenvalue weighted by Gasteiger charge is 2.39. The van der Waals surface area contributed by atoms with Crippen molar-refractivity contribution in [2.24, 2.45) is 28.9 Å². The maximum absolute atomic E-state index is 14.9. The molecule has 3 aromatic carbocycles. The largest absolute Gasteiger partial charge is 0.481 e. The Morgan fingerprint density at radius 3 is 1.73 bits per heavy atom. The highest BCUT2D eigenvalue weighted by atomic mass is 19.1. The van der Waals surface area contributed by atoms with Gasteiger partial charge in [-0.25, -0.2) is 4.39 Å². The third-order valence-corrected chi connectivity index (χ3v) is 20.5. The molecule has 2 aliphatic rings. The molecule has 121 heavy (non-hydrogen) atoms. The SMILES string of the molecule is CCN(CC)CCNC(=O)c1c(C)[nH]c(/C=C2\C(=O)N(Cc3ccc(NC(=O)[C@H](CCC(=O)O)NC(=O)CCC(=O)N[C@H](C(=O)N[C@@H](CCN)C(=O)N[C@H]4CCNC(=O)[C@H]([C@@H](C)O)NC(=O)[C@H](CCN)NC(=O)[C@H](CCN)NC(=O)[C@H](CC(C)C)NC(=O)[C@@H](CCc5ccccc5)NC(=O)[C@H](CCN)NC4=O)[C@@H](C)O)cc3)c3ccc(F)cc32)c1C. The van der Waals surface area contributed by atoms with Crippen LogP contribution in [0.5, 0.6) is 0 Å². The summed E-state index contributed by atoms with van der Waals surface area (Å²) in [6.45, 7) is 14.7. The molecule has 1 aromatic heterocycles. The number of hydrogen-bond donors (Lipinski definition) is 21. The minimum absolute atomic E-state index is 0.0135. The van der Waals surface area contributed by atoms with Crippen LogP contribution in [-0.2, 0) is 80.1 Å². The van der Waals surface area contributed by atoms with E-state index >= 15 is 0 Å². The number of aromatic amines is 1. The number of nitrogens with two attached hydrogens (primary N) is 4. The summed E-state index contributed by atoms with van der Waals surface area (Å²) < 4.78 is 14.9. The zero-order valence-electron chi connectivity index (χ0n) is 69.6. The summed E-state index contributed by atoms with van der Waals surface area (Å²) in [6, 6.07) is 3.32. The molecule has 0 spiro atoms. The second-order valence-corrected chi connectivity index (χ2v) is 30.3. The number of H-pyrrole nitrogens is 1. The van der Waals surface area contributed by atoms with Crippen LogP contribution >= 0.6 is 0 Å². The van der Waals surface area contributed by atoms with Crippen molar-refractivity contribution in [3.8, 4) is 0 Å². The lowest BCUT2D eigenvalue weighted by molar-refractivity contribution is -0.138. The van der Waals surface area contributed by atoms with Gasteiger partial charge in [0.05, 0.1) is 35.6 Å². The van der Waals surface area contributed by atoms with Crippen molar-refractivity contribution < 1.29 is 91.6 Å². The molecule has 0 unspecified atom stereocenters. The summed E-state index contributed by atoms with van der Waals surface area (Å²) in [7, 11) is 0. The third kappa shape index (κ3) is 29.9. The first-order valence-electron chi connectivity index (χ1n) is 40.7. The smallest absolute Gasteiger partial charge is 0.303 e. The molecule has 4 aromatic rings. The molecule has 38 nitrogen and oxygen atoms in total. The number of benzene rings is 3. The van der Waals surface area contributed by atoms with Gasteiger partial charge in [0.2, 0.25) is 70.9 Å². The van der Waals surface area contributed by atoms with Crippen LogP contribution in [0.25, 0.3) is 11.6 Å². The van der Waals surface area contributed by atoms with Crippen molar-refractivity contribution in [2.45, 2.75) is 212 Å². The monoisotopic (exact) mass is 1690 g/mol. The average Bonchev–Trinajstić information content (AvgIpc) is 1.61. The lowest BCUT2D eigenvalue weighted by atomic mass is 10.00. The summed E-state index contributed by atoms with van der Waals surface area (Å²) in [6.07, 6.45) is -5.52. The van der Waals surface area contributed by atoms with Crippen molar-refractivity contribution in [1.82, 2.24) is 73.7 Å². The first-order valence-corrected chi connectivity index (χ1v) is 40.7. The first kappa shape index (κ1) is 98.2. The Labute approximate surface area is 701 Å². The van der Waals surface area contributed by atoms with Crippen molar-refractivity contribution >= 4 is 112 Å². The summed E-state index contributed by atoms with van der Waals surface area (Å²) in [5.41, 5.74) is 28.2. The number of nitrogens with one attached hydrogen (secondary N) is 14. The Balaban J connectivity index is 1.15. The number of halogens is 1. The topological polar surface area (TPSA) is 599 Å². The number of amides is 14. The van der Waals surface area contributed by atoms with Crippen LogP contribution in [0.15, 0.2) is 72.8 Å². The minimum Gasteiger partial charge on any atom is -0.481 e. The molecule has 1 saturated heterocycles. The number of likely N-dealkylation sites (N-methyl/N-ethyl adjacent to an activating group) is 1. The number of aryl methyl sites for hydroxylation is 2. The lowest BCUT2D eigenvalue weighted by Gasteiger charge is -2.28. The molecular formula is C82H119FN20O18. The molecule has 25 N–H and O–H groups in total. The molecule has 662 valence electrons. The Bertz CT molecular complexity index is 4310. The van der Waals surface area contributed by atoms with E-state index in [1.165, 1.54) is 42.2 Å². The fraction of sp³-hybridized carbons (Fsp3) is 0.524. The zero-order chi connectivity index (χ0) is 89.3. The number of carbonyl (C=O) groups excluding carboxylic acids is 14. The van der Waals surface area contributed by atoms with E-state index in [0.29, 0.717) is 52.4 Å². The molecule has 39 heteroatoms. The number of fused-ring (bicyclic) bond motifs is 1. The molecule has 0 aliphatic carbocycles. The van der Waals surface area contributed by atoms with Crippen molar-refractivity contribution in [2.75, 3.05) is 69.1 Å². The summed E-state index contributed by atoms with van der Waals surface area (Å²) in [5.74, 6) is -14.6. The highest BCUT2D eigenvalue weighted by Crippen LogP contribution is 2.40. The standard InChI is InChI=1S/C82H119FN20O18/c1-9-102(10-2)39-38-89-79(118)68-45(5)62(90-46(68)6)42-54-53-41-51(83)19-24-64(53)103(82(54)121)43-50-16-20-52(21-17-50)91-71(110)55(23-27-67(108)109)92-65(106)25-26-66(107)100-70(48(8)105)81(120)98-59(30-35-86)75(114)97-61-32-37-88-80(119)69(47(7)104)101-77(116)60(31-36-87)95-74(113)58(29-34-85)96-78(117)63(40-44(3)4)99-72(111)56(22-18-49-14-12-11-13-15-49)93-73(112)57(28-33-84)94-76(61)115/h11-17,19-21,24,41-42,44,47-48,55-61,63,69-70,90,104-105H,9-10,18,22-23,25-40,43,84-87H2,1-8H3,(H,88,119)(H,89,118)(H,91,110)(H,92,106)(H,93,112)(H,94,115)(H,95,113)(H,96,117)(H,97,114)(H,98,120)(H,99,111)(H,100,107)(H,101,116)(H,108,109)/b54-42-/t47-,48-,55+,56-,57+,58+,59+,60+,61+,63+,69+,70+/m1/s1. The number of aliphatic hydroxyl groups is 2. The van der Waals surface area contributed by atoms with Gasteiger partial charge in [-0.2, -0.15) is 0 Å². The van der Waals surface area contributed by atoms with Gasteiger partial charge in [0.25, 0.3) is 11.8 Å². The second kappa shape index (κ2) is 48.6. The molecular weight excluding hydrogens is 1570 g/mol. The lowest BCUT2D eigenvalue weighted by Crippen LogP contribution is -2.61. The number of aromatic nitrogens is 1. The zero-order valence-corrected chi connectivity index (χ0v) is 69.6. The van der Waals surface area contributed by atoms with Crippen molar-refractivity contribution in [3.63, 3.8) is 0 Å². The number of hydrogen-bond acceptors (Lipinski definition) is 22. The third-order valence-electron chi connectivity index (χ3n) is 20.5. The number of aliphatic carboxylic acids is 1. The van der Waals surface area contributed by atoms with Crippen LogP contribution in [0.4, 0.5) is 15.8 Å². The van der Waals surface area contributed by atoms with Gasteiger partial charge in [0.1, 0.15) is 66.2 Å². The predicted molar refractivity (Wildman–Crippen MR) is 446 cm³/mol. The Hall–Kier alpha value is -11.6. The van der Waals surface area contributed by atoms with E-state index in [1.54, 1.807) is 76.2 Å². The molecule has 6 rings (SSSR count). The highest BCUT2D eigenvalue weighted by molar-refractivity contribution is 6.35. The first-order chi connectivity index (χ1) is 57.5. The van der Waals surface area contributed by atoms with Gasteiger partial charge in [0.15, 0.2) is 0 Å². The van der Waals surface area contributed by atoms with Crippen molar-refractivity contribution in [1.29, 1.82) is 0 Å². The number of carboxylic acids is 1. The second-order valence-electron chi connectivity index (χ2n) is 30.3. The van der Waals surface area contributed by atoms with E-state index in [0.717, 1.165) is 25.6 Å². The summed E-state index contributed by atoms with van der Waals surface area (Å²) >= 11 is 0. The fourth-order valence-electron chi connectivity index (χ4n) is 13.7. The van der Waals surface area contributed by atoms with E-state index in [9.17, 15) is 91.6 Å². The van der Waals surface area contributed by atoms with Gasteiger partial charge < -0.3 is 122 Å². The number of anilines is 2. The van der Waals surface area contributed by atoms with E-state index in [1.807, 2.05) is 13.8 Å². The van der Waals surface area contributed by atoms with E-state index in [4.69, 9.17) is 22.9 Å². The molecule has 0 radical (unpaired) electrons. The van der Waals surface area contributed by atoms with Crippen LogP contribution in [-0.4, -0.2) is 245 Å². The molecule has 3 heterocycles. The number of carboxylic acid groups (broad SMARTS) is 1. The van der Waals surface area contributed by atoms with Gasteiger partial charge in [-0.3, -0.25) is 71.9 Å². The van der Waals surface area contributed by atoms with Crippen molar-refractivity contribution in [3.05, 3.63) is 118 Å². The number of nitrogens with zero attached hydrogens (tertiary/aromatic N) is 2. The van der Waals surface area contributed by atoms with E-state index in [2.05, 4.69) is 79.0 Å². The molecule has 0 bridgehead atoms. The van der Waals surface area contributed by atoms with E-state index in [-0.39, 0.29) is 101 Å². The quantitative estimate of drug-likeness (QED) is 0.0210. The van der Waals surface area contributed by atoms with Crippen LogP contribution in [0, 0.1) is 25.6 Å². The molecule has 0 saturated carbocycles. The predicted octanol–water partition coefficient (Wildman–Crippen LogP) is -2.28. The van der Waals surface area contributed by atoms with Gasteiger partial charge >= 0.3 is 5.97 Å². The fourth-order valence-corrected chi connectivity index (χ4v) is 13.7. The Morgan fingerprint density at radius 2 is 1.17 bits per heavy atom. The molecule has 14 amide bonds. The average molecular weight is 1690 g/mol. The molecule has 1 fully saturated rings. The Kier molecular flexibility index (Phi) is 39.4. The number of rotatable bonds is 38. The number of aliphatic hydroxyl groups excluding tert-OH is 2. The van der Waals surface area contributed by atoms with Crippen LogP contribution in [0.3, 0.4) is 0 Å². The summed E-state index contributed by atoms with van der Waals surface area (Å²) in [5, 5.41) is 64.6. The van der Waals surface area contributed by atoms with E-state index < -0.39 is 200 Å².